The predicted molar refractivity (Wildman–Crippen MR) is 157 cm³/mol. The third kappa shape index (κ3) is 8.12. The number of benzene rings is 3. The Kier molecular flexibility index (Phi) is 9.23. The number of halogens is 4. The molecule has 0 unspecified atom stereocenters. The molecule has 2 heterocycles. The van der Waals surface area contributed by atoms with Gasteiger partial charge in [-0.25, -0.2) is 8.91 Å². The third-order valence-corrected chi connectivity index (χ3v) is 6.46. The normalized spacial score (nSPS) is 11.3. The molecule has 0 spiro atoms. The van der Waals surface area contributed by atoms with Crippen molar-refractivity contribution in [2.45, 2.75) is 12.7 Å². The summed E-state index contributed by atoms with van der Waals surface area (Å²) in [6, 6.07) is 20.1. The van der Waals surface area contributed by atoms with Crippen LogP contribution in [0.3, 0.4) is 0 Å². The second-order valence-corrected chi connectivity index (χ2v) is 9.76. The Morgan fingerprint density at radius 2 is 1.56 bits per heavy atom. The van der Waals surface area contributed by atoms with Gasteiger partial charge in [0.05, 0.1) is 12.3 Å². The molecule has 45 heavy (non-hydrogen) atoms. The molecule has 2 aromatic heterocycles. The highest BCUT2D eigenvalue weighted by atomic mass is 19.4. The molecule has 5 rings (SSSR count). The molecule has 0 fully saturated rings. The van der Waals surface area contributed by atoms with Gasteiger partial charge in [0, 0.05) is 36.0 Å². The van der Waals surface area contributed by atoms with Gasteiger partial charge < -0.3 is 25.8 Å². The quantitative estimate of drug-likeness (QED) is 0.155. The van der Waals surface area contributed by atoms with E-state index in [0.29, 0.717) is 11.2 Å². The number of hydrogen-bond acceptors (Lipinski definition) is 7. The SMILES string of the molecule is O=C(NCCO)c1ccc(Nc2nc3ccc(-c4ccc(C(=O)NCc5ccc(F)cc5)cc4)cn3n2)c(OCC(F)(F)F)c1. The Morgan fingerprint density at radius 1 is 0.867 bits per heavy atom. The molecule has 5 aromatic rings. The van der Waals surface area contributed by atoms with Crippen molar-refractivity contribution < 1.29 is 37.0 Å². The van der Waals surface area contributed by atoms with Crippen molar-refractivity contribution in [3.05, 3.63) is 108 Å². The smallest absolute Gasteiger partial charge is 0.422 e. The summed E-state index contributed by atoms with van der Waals surface area (Å²) >= 11 is 0. The van der Waals surface area contributed by atoms with Crippen LogP contribution in [0.1, 0.15) is 26.3 Å². The number of carbonyl (C=O) groups excluding carboxylic acids is 2. The lowest BCUT2D eigenvalue weighted by atomic mass is 10.1. The van der Waals surface area contributed by atoms with Gasteiger partial charge in [-0.05, 0) is 65.7 Å². The molecule has 0 aliphatic heterocycles. The van der Waals surface area contributed by atoms with Crippen LogP contribution in [0.5, 0.6) is 5.75 Å². The first-order valence-corrected chi connectivity index (χ1v) is 13.6. The second kappa shape index (κ2) is 13.4. The summed E-state index contributed by atoms with van der Waals surface area (Å²) in [5.41, 5.74) is 3.32. The Balaban J connectivity index is 1.30. The number of alkyl halides is 3. The lowest BCUT2D eigenvalue weighted by molar-refractivity contribution is -0.153. The van der Waals surface area contributed by atoms with Crippen molar-refractivity contribution in [3.63, 3.8) is 0 Å². The molecule has 0 aliphatic rings. The van der Waals surface area contributed by atoms with Crippen LogP contribution in [0.15, 0.2) is 85.1 Å². The number of aliphatic hydroxyl groups excluding tert-OH is 1. The van der Waals surface area contributed by atoms with Crippen LogP contribution in [0.2, 0.25) is 0 Å². The predicted octanol–water partition coefficient (Wildman–Crippen LogP) is 4.87. The Hall–Kier alpha value is -5.50. The molecule has 0 aliphatic carbocycles. The monoisotopic (exact) mass is 622 g/mol. The van der Waals surface area contributed by atoms with E-state index >= 15 is 0 Å². The number of fused-ring (bicyclic) bond motifs is 1. The van der Waals surface area contributed by atoms with Gasteiger partial charge in [-0.15, -0.1) is 5.10 Å². The molecule has 3 aromatic carbocycles. The average molecular weight is 623 g/mol. The van der Waals surface area contributed by atoms with Gasteiger partial charge >= 0.3 is 6.18 Å². The Bertz CT molecular complexity index is 1810. The molecule has 0 bridgehead atoms. The van der Waals surface area contributed by atoms with Crippen molar-refractivity contribution in [1.82, 2.24) is 25.2 Å². The Morgan fingerprint density at radius 3 is 2.27 bits per heavy atom. The van der Waals surface area contributed by atoms with E-state index in [1.165, 1.54) is 28.8 Å². The van der Waals surface area contributed by atoms with E-state index in [2.05, 4.69) is 26.0 Å². The molecule has 232 valence electrons. The van der Waals surface area contributed by atoms with Gasteiger partial charge in [-0.3, -0.25) is 9.59 Å². The number of pyridine rings is 1. The number of carbonyl (C=O) groups is 2. The number of ether oxygens (including phenoxy) is 1. The summed E-state index contributed by atoms with van der Waals surface area (Å²) in [7, 11) is 0. The first-order valence-electron chi connectivity index (χ1n) is 13.6. The molecule has 0 atom stereocenters. The van der Waals surface area contributed by atoms with Crippen LogP contribution in [-0.2, 0) is 6.54 Å². The van der Waals surface area contributed by atoms with Crippen molar-refractivity contribution >= 4 is 29.1 Å². The number of hydrogen-bond donors (Lipinski definition) is 4. The fourth-order valence-corrected chi connectivity index (χ4v) is 4.25. The van der Waals surface area contributed by atoms with Crippen LogP contribution in [0.4, 0.5) is 29.2 Å². The third-order valence-electron chi connectivity index (χ3n) is 6.46. The van der Waals surface area contributed by atoms with E-state index in [0.717, 1.165) is 22.8 Å². The minimum atomic E-state index is -4.61. The first-order chi connectivity index (χ1) is 21.6. The van der Waals surface area contributed by atoms with Crippen LogP contribution >= 0.6 is 0 Å². The maximum absolute atomic E-state index is 13.1. The molecular formula is C31H26F4N6O4. The molecule has 4 N–H and O–H groups in total. The first kappa shape index (κ1) is 30.9. The molecule has 0 saturated carbocycles. The van der Waals surface area contributed by atoms with Crippen molar-refractivity contribution in [1.29, 1.82) is 0 Å². The number of aliphatic hydroxyl groups is 1. The number of aromatic nitrogens is 3. The molecule has 14 heteroatoms. The van der Waals surface area contributed by atoms with Crippen molar-refractivity contribution in [3.8, 4) is 16.9 Å². The lowest BCUT2D eigenvalue weighted by Crippen LogP contribution is -2.26. The Labute approximate surface area is 253 Å². The summed E-state index contributed by atoms with van der Waals surface area (Å²) < 4.78 is 58.2. The summed E-state index contributed by atoms with van der Waals surface area (Å²) in [6.45, 7) is -1.66. The molecule has 10 nitrogen and oxygen atoms in total. The molecular weight excluding hydrogens is 596 g/mol. The van der Waals surface area contributed by atoms with Gasteiger partial charge in [-0.1, -0.05) is 24.3 Å². The number of amides is 2. The maximum atomic E-state index is 13.1. The number of nitrogens with one attached hydrogen (secondary N) is 3. The van der Waals surface area contributed by atoms with Crippen molar-refractivity contribution in [2.24, 2.45) is 0 Å². The number of rotatable bonds is 11. The van der Waals surface area contributed by atoms with Crippen LogP contribution in [0.25, 0.3) is 16.8 Å². The van der Waals surface area contributed by atoms with Gasteiger partial charge in [0.2, 0.25) is 5.95 Å². The fourth-order valence-electron chi connectivity index (χ4n) is 4.25. The zero-order valence-electron chi connectivity index (χ0n) is 23.4. The van der Waals surface area contributed by atoms with Gasteiger partial charge in [0.15, 0.2) is 12.3 Å². The van der Waals surface area contributed by atoms with E-state index in [9.17, 15) is 27.2 Å². The number of anilines is 2. The van der Waals surface area contributed by atoms with Gasteiger partial charge in [0.25, 0.3) is 11.8 Å². The second-order valence-electron chi connectivity index (χ2n) is 9.76. The van der Waals surface area contributed by atoms with Crippen LogP contribution in [-0.4, -0.2) is 57.5 Å². The molecule has 0 radical (unpaired) electrons. The summed E-state index contributed by atoms with van der Waals surface area (Å²) in [5.74, 6) is -1.41. The van der Waals surface area contributed by atoms with Crippen LogP contribution in [0, 0.1) is 5.82 Å². The fraction of sp³-hybridized carbons (Fsp3) is 0.161. The highest BCUT2D eigenvalue weighted by Gasteiger charge is 2.29. The zero-order valence-corrected chi connectivity index (χ0v) is 23.4. The standard InChI is InChI=1S/C31H26F4N6O4/c32-24-9-1-19(2-10-24)16-37-28(43)21-5-3-20(4-6-21)23-8-12-27-39-30(40-41(27)17-23)38-25-11-7-22(29(44)36-13-14-42)15-26(25)45-18-31(33,34)35/h1-12,15,17,42H,13-14,16,18H2,(H,36,44)(H,37,43)(H,38,40). The maximum Gasteiger partial charge on any atom is 0.422 e. The van der Waals surface area contributed by atoms with Crippen molar-refractivity contribution in [2.75, 3.05) is 25.1 Å². The largest absolute Gasteiger partial charge is 0.482 e. The van der Waals surface area contributed by atoms with E-state index < -0.39 is 18.7 Å². The highest BCUT2D eigenvalue weighted by Crippen LogP contribution is 2.30. The van der Waals surface area contributed by atoms with E-state index in [4.69, 9.17) is 9.84 Å². The van der Waals surface area contributed by atoms with E-state index in [1.54, 1.807) is 54.7 Å². The summed E-state index contributed by atoms with van der Waals surface area (Å²) in [5, 5.41) is 21.3. The lowest BCUT2D eigenvalue weighted by Gasteiger charge is -2.14. The minimum absolute atomic E-state index is 0.0247. The van der Waals surface area contributed by atoms with Gasteiger partial charge in [0.1, 0.15) is 11.6 Å². The zero-order chi connectivity index (χ0) is 32.0. The van der Waals surface area contributed by atoms with E-state index in [1.807, 2.05) is 0 Å². The summed E-state index contributed by atoms with van der Waals surface area (Å²) in [6.07, 6.45) is -2.91. The summed E-state index contributed by atoms with van der Waals surface area (Å²) in [4.78, 5) is 29.2. The minimum Gasteiger partial charge on any atom is -0.482 e. The van der Waals surface area contributed by atoms with Gasteiger partial charge in [-0.2, -0.15) is 18.2 Å². The average Bonchev–Trinajstić information content (AvgIpc) is 3.44. The highest BCUT2D eigenvalue weighted by molar-refractivity contribution is 5.95. The number of nitrogens with zero attached hydrogens (tertiary/aromatic N) is 3. The molecule has 2 amide bonds. The molecule has 0 saturated heterocycles. The van der Waals surface area contributed by atoms with E-state index in [-0.39, 0.29) is 54.4 Å². The topological polar surface area (TPSA) is 130 Å². The van der Waals surface area contributed by atoms with Crippen LogP contribution < -0.4 is 20.7 Å².